The van der Waals surface area contributed by atoms with Gasteiger partial charge >= 0.3 is 0 Å². The summed E-state index contributed by atoms with van der Waals surface area (Å²) >= 11 is 0. The van der Waals surface area contributed by atoms with Crippen LogP contribution in [0.1, 0.15) is 24.4 Å². The predicted molar refractivity (Wildman–Crippen MR) is 98.7 cm³/mol. The largest absolute Gasteiger partial charge is 0.439 e. The van der Waals surface area contributed by atoms with E-state index in [1.54, 1.807) is 19.3 Å². The van der Waals surface area contributed by atoms with Crippen LogP contribution in [-0.2, 0) is 11.2 Å². The number of piperidine rings is 1. The van der Waals surface area contributed by atoms with Crippen molar-refractivity contribution in [3.05, 3.63) is 42.2 Å². The smallest absolute Gasteiger partial charge is 0.191 e. The van der Waals surface area contributed by atoms with Crippen LogP contribution in [0.5, 0.6) is 0 Å². The molecule has 1 aliphatic rings. The van der Waals surface area contributed by atoms with Crippen LogP contribution in [-0.4, -0.2) is 45.8 Å². The van der Waals surface area contributed by atoms with Gasteiger partial charge in [0.2, 0.25) is 0 Å². The van der Waals surface area contributed by atoms with Crippen LogP contribution in [0.2, 0.25) is 0 Å². The Labute approximate surface area is 152 Å². The van der Waals surface area contributed by atoms with Gasteiger partial charge in [0.15, 0.2) is 11.7 Å². The first kappa shape index (κ1) is 16.8. The zero-order valence-electron chi connectivity index (χ0n) is 15.1. The monoisotopic (exact) mass is 350 g/mol. The summed E-state index contributed by atoms with van der Waals surface area (Å²) in [6, 6.07) is 5.77. The molecule has 0 spiro atoms. The fourth-order valence-electron chi connectivity index (χ4n) is 3.43. The van der Waals surface area contributed by atoms with Crippen LogP contribution in [0.15, 0.2) is 35.0 Å². The zero-order valence-corrected chi connectivity index (χ0v) is 15.1. The lowest BCUT2D eigenvalue weighted by Gasteiger charge is -2.27. The number of aryl methyl sites for hydroxylation is 1. The van der Waals surface area contributed by atoms with Crippen molar-refractivity contribution in [2.45, 2.75) is 26.2 Å². The molecule has 0 atom stereocenters. The molecule has 1 saturated heterocycles. The van der Waals surface area contributed by atoms with Crippen molar-refractivity contribution in [3.8, 4) is 11.5 Å². The van der Waals surface area contributed by atoms with Gasteiger partial charge in [0.05, 0.1) is 11.7 Å². The molecular formula is C20H22N4O2. The van der Waals surface area contributed by atoms with Crippen LogP contribution < -0.4 is 0 Å². The number of likely N-dealkylation sites (tertiary alicyclic amines) is 1. The summed E-state index contributed by atoms with van der Waals surface area (Å²) in [4.78, 5) is 28.1. The molecule has 1 fully saturated rings. The molecule has 0 radical (unpaired) electrons. The number of nitrogens with zero attached hydrogens (tertiary/aromatic N) is 4. The van der Waals surface area contributed by atoms with Gasteiger partial charge in [0.1, 0.15) is 11.5 Å². The molecule has 6 heteroatoms. The third-order valence-electron chi connectivity index (χ3n) is 5.03. The molecule has 134 valence electrons. The molecule has 3 aromatic heterocycles. The fourth-order valence-corrected chi connectivity index (χ4v) is 3.43. The highest BCUT2D eigenvalue weighted by Crippen LogP contribution is 2.23. The first-order chi connectivity index (χ1) is 12.6. The fraction of sp³-hybridized carbons (Fsp3) is 0.400. The van der Waals surface area contributed by atoms with E-state index in [9.17, 15) is 4.79 Å². The Bertz CT molecular complexity index is 942. The summed E-state index contributed by atoms with van der Waals surface area (Å²) in [5.41, 5.74) is 2.33. The SMILES string of the molecule is Cc1ncc(-c2ccc3cnc(CC(=O)C4CCN(C)CC4)cc3n2)o1. The van der Waals surface area contributed by atoms with Gasteiger partial charge < -0.3 is 9.32 Å². The summed E-state index contributed by atoms with van der Waals surface area (Å²) in [7, 11) is 2.10. The van der Waals surface area contributed by atoms with Gasteiger partial charge in [-0.2, -0.15) is 0 Å². The van der Waals surface area contributed by atoms with E-state index in [-0.39, 0.29) is 11.7 Å². The Morgan fingerprint density at radius 1 is 1.23 bits per heavy atom. The lowest BCUT2D eigenvalue weighted by atomic mass is 9.90. The molecule has 1 aliphatic heterocycles. The van der Waals surface area contributed by atoms with E-state index < -0.39 is 0 Å². The maximum absolute atomic E-state index is 12.6. The Morgan fingerprint density at radius 2 is 2.04 bits per heavy atom. The molecule has 0 aliphatic carbocycles. The molecule has 4 heterocycles. The standard InChI is InChI=1S/C20H22N4O2/c1-13-21-12-20(26-13)17-4-3-15-11-22-16(9-18(15)23-17)10-19(25)14-5-7-24(2)8-6-14/h3-4,9,11-12,14H,5-8,10H2,1-2H3. The number of pyridine rings is 2. The van der Waals surface area contributed by atoms with E-state index in [1.807, 2.05) is 18.2 Å². The lowest BCUT2D eigenvalue weighted by Crippen LogP contribution is -2.34. The molecule has 0 saturated carbocycles. The van der Waals surface area contributed by atoms with Crippen LogP contribution in [0, 0.1) is 12.8 Å². The highest BCUT2D eigenvalue weighted by molar-refractivity contribution is 5.85. The van der Waals surface area contributed by atoms with Crippen molar-refractivity contribution < 1.29 is 9.21 Å². The molecule has 0 aromatic carbocycles. The van der Waals surface area contributed by atoms with Gasteiger partial charge in [-0.1, -0.05) is 0 Å². The number of carbonyl (C=O) groups is 1. The van der Waals surface area contributed by atoms with E-state index in [2.05, 4.69) is 26.9 Å². The topological polar surface area (TPSA) is 72.1 Å². The maximum atomic E-state index is 12.6. The van der Waals surface area contributed by atoms with E-state index in [0.717, 1.165) is 48.2 Å². The molecule has 26 heavy (non-hydrogen) atoms. The molecule has 0 unspecified atom stereocenters. The Morgan fingerprint density at radius 3 is 2.77 bits per heavy atom. The highest BCUT2D eigenvalue weighted by Gasteiger charge is 2.23. The quantitative estimate of drug-likeness (QED) is 0.720. The first-order valence-electron chi connectivity index (χ1n) is 8.98. The average Bonchev–Trinajstić information content (AvgIpc) is 3.08. The number of oxazole rings is 1. The summed E-state index contributed by atoms with van der Waals surface area (Å²) in [6.45, 7) is 3.79. The van der Waals surface area contributed by atoms with Gasteiger partial charge in [0, 0.05) is 36.5 Å². The van der Waals surface area contributed by atoms with Crippen LogP contribution in [0.25, 0.3) is 22.4 Å². The first-order valence-corrected chi connectivity index (χ1v) is 8.98. The molecule has 6 nitrogen and oxygen atoms in total. The normalized spacial score (nSPS) is 16.2. The number of fused-ring (bicyclic) bond motifs is 1. The second-order valence-corrected chi connectivity index (χ2v) is 7.03. The predicted octanol–water partition coefficient (Wildman–Crippen LogP) is 3.05. The molecule has 4 rings (SSSR count). The third kappa shape index (κ3) is 3.51. The second kappa shape index (κ2) is 6.96. The number of hydrogen-bond acceptors (Lipinski definition) is 6. The van der Waals surface area contributed by atoms with Crippen molar-refractivity contribution in [1.29, 1.82) is 0 Å². The summed E-state index contributed by atoms with van der Waals surface area (Å²) in [5.74, 6) is 1.69. The minimum absolute atomic E-state index is 0.153. The van der Waals surface area contributed by atoms with Crippen LogP contribution >= 0.6 is 0 Å². The molecular weight excluding hydrogens is 328 g/mol. The van der Waals surface area contributed by atoms with E-state index in [1.165, 1.54) is 0 Å². The average molecular weight is 350 g/mol. The van der Waals surface area contributed by atoms with Crippen molar-refractivity contribution >= 4 is 16.7 Å². The van der Waals surface area contributed by atoms with Crippen molar-refractivity contribution in [2.75, 3.05) is 20.1 Å². The molecule has 0 bridgehead atoms. The van der Waals surface area contributed by atoms with E-state index in [0.29, 0.717) is 18.1 Å². The van der Waals surface area contributed by atoms with Gasteiger partial charge in [0.25, 0.3) is 0 Å². The number of rotatable bonds is 4. The second-order valence-electron chi connectivity index (χ2n) is 7.03. The van der Waals surface area contributed by atoms with Crippen molar-refractivity contribution in [1.82, 2.24) is 19.9 Å². The van der Waals surface area contributed by atoms with Crippen molar-refractivity contribution in [2.24, 2.45) is 5.92 Å². The summed E-state index contributed by atoms with van der Waals surface area (Å²) in [5, 5.41) is 0.945. The number of carbonyl (C=O) groups excluding carboxylic acids is 1. The Balaban J connectivity index is 1.55. The lowest BCUT2D eigenvalue weighted by molar-refractivity contribution is -0.123. The third-order valence-corrected chi connectivity index (χ3v) is 5.03. The number of ketones is 1. The zero-order chi connectivity index (χ0) is 18.1. The minimum Gasteiger partial charge on any atom is -0.439 e. The molecule has 3 aromatic rings. The summed E-state index contributed by atoms with van der Waals surface area (Å²) < 4.78 is 5.55. The minimum atomic E-state index is 0.153. The highest BCUT2D eigenvalue weighted by atomic mass is 16.4. The van der Waals surface area contributed by atoms with E-state index in [4.69, 9.17) is 4.42 Å². The van der Waals surface area contributed by atoms with E-state index >= 15 is 0 Å². The van der Waals surface area contributed by atoms with Gasteiger partial charge in [-0.3, -0.25) is 9.78 Å². The van der Waals surface area contributed by atoms with Crippen LogP contribution in [0.3, 0.4) is 0 Å². The number of hydrogen-bond donors (Lipinski definition) is 0. The molecule has 0 amide bonds. The van der Waals surface area contributed by atoms with Gasteiger partial charge in [-0.15, -0.1) is 0 Å². The Hall–Kier alpha value is -2.60. The Kier molecular flexibility index (Phi) is 4.51. The van der Waals surface area contributed by atoms with Crippen molar-refractivity contribution in [3.63, 3.8) is 0 Å². The van der Waals surface area contributed by atoms with Gasteiger partial charge in [-0.25, -0.2) is 9.97 Å². The maximum Gasteiger partial charge on any atom is 0.191 e. The number of Topliss-reactive ketones (excluding diaryl/α,β-unsaturated/α-hetero) is 1. The molecule has 0 N–H and O–H groups in total. The number of aromatic nitrogens is 3. The van der Waals surface area contributed by atoms with Crippen LogP contribution in [0.4, 0.5) is 0 Å². The summed E-state index contributed by atoms with van der Waals surface area (Å²) in [6.07, 6.45) is 5.72. The van der Waals surface area contributed by atoms with Gasteiger partial charge in [-0.05, 0) is 51.2 Å².